The van der Waals surface area contributed by atoms with Crippen molar-refractivity contribution in [3.63, 3.8) is 0 Å². The van der Waals surface area contributed by atoms with Crippen LogP contribution in [0, 0.1) is 12.8 Å². The maximum absolute atomic E-state index is 12.3. The molecule has 3 nitrogen and oxygen atoms in total. The lowest BCUT2D eigenvalue weighted by Gasteiger charge is -2.30. The fourth-order valence-electron chi connectivity index (χ4n) is 2.99. The Morgan fingerprint density at radius 3 is 2.86 bits per heavy atom. The van der Waals surface area contributed by atoms with E-state index in [0.717, 1.165) is 19.4 Å². The average Bonchev–Trinajstić information content (AvgIpc) is 2.45. The van der Waals surface area contributed by atoms with Gasteiger partial charge in [0.05, 0.1) is 0 Å². The van der Waals surface area contributed by atoms with Crippen molar-refractivity contribution >= 4 is 5.91 Å². The second-order valence-corrected chi connectivity index (χ2v) is 7.05. The molecule has 1 aliphatic heterocycles. The van der Waals surface area contributed by atoms with Gasteiger partial charge in [-0.2, -0.15) is 0 Å². The molecule has 1 amide bonds. The zero-order valence-corrected chi connectivity index (χ0v) is 13.7. The number of aryl methyl sites for hydroxylation is 1. The molecule has 1 fully saturated rings. The Kier molecular flexibility index (Phi) is 5.04. The average molecular weight is 288 g/mol. The van der Waals surface area contributed by atoms with Crippen LogP contribution in [0.5, 0.6) is 0 Å². The van der Waals surface area contributed by atoms with Crippen LogP contribution in [-0.2, 0) is 10.2 Å². The maximum Gasteiger partial charge on any atom is 0.223 e. The Morgan fingerprint density at radius 1 is 1.43 bits per heavy atom. The summed E-state index contributed by atoms with van der Waals surface area (Å²) in [5.41, 5.74) is 2.50. The number of hydrogen-bond acceptors (Lipinski definition) is 2. The molecule has 1 aromatic rings. The zero-order chi connectivity index (χ0) is 15.5. The Bertz CT molecular complexity index is 496. The summed E-state index contributed by atoms with van der Waals surface area (Å²) >= 11 is 0. The van der Waals surface area contributed by atoms with Crippen molar-refractivity contribution < 1.29 is 4.79 Å². The van der Waals surface area contributed by atoms with E-state index in [0.29, 0.717) is 12.6 Å². The molecule has 1 aromatic carbocycles. The van der Waals surface area contributed by atoms with Crippen molar-refractivity contribution in [3.05, 3.63) is 35.4 Å². The van der Waals surface area contributed by atoms with Crippen LogP contribution >= 0.6 is 0 Å². The molecule has 0 bridgehead atoms. The smallest absolute Gasteiger partial charge is 0.223 e. The molecule has 3 heteroatoms. The van der Waals surface area contributed by atoms with Gasteiger partial charge in [-0.3, -0.25) is 4.79 Å². The maximum atomic E-state index is 12.3. The summed E-state index contributed by atoms with van der Waals surface area (Å²) < 4.78 is 0. The van der Waals surface area contributed by atoms with Gasteiger partial charge in [0.25, 0.3) is 0 Å². The first kappa shape index (κ1) is 16.0. The normalized spacial score (nSPS) is 22.9. The van der Waals surface area contributed by atoms with Crippen molar-refractivity contribution in [2.24, 2.45) is 5.92 Å². The molecule has 1 saturated heterocycles. The largest absolute Gasteiger partial charge is 0.355 e. The third-order valence-corrected chi connectivity index (χ3v) is 4.50. The van der Waals surface area contributed by atoms with Crippen molar-refractivity contribution in [1.82, 2.24) is 10.6 Å². The summed E-state index contributed by atoms with van der Waals surface area (Å²) in [6.45, 7) is 10.3. The first-order valence-corrected chi connectivity index (χ1v) is 7.97. The van der Waals surface area contributed by atoms with E-state index in [1.165, 1.54) is 11.1 Å². The fraction of sp³-hybridized carbons (Fsp3) is 0.611. The van der Waals surface area contributed by atoms with Gasteiger partial charge in [-0.15, -0.1) is 0 Å². The van der Waals surface area contributed by atoms with Crippen LogP contribution in [0.25, 0.3) is 0 Å². The van der Waals surface area contributed by atoms with Crippen LogP contribution < -0.4 is 10.6 Å². The second kappa shape index (κ2) is 6.61. The molecular formula is C18H28N2O. The van der Waals surface area contributed by atoms with Crippen molar-refractivity contribution in [1.29, 1.82) is 0 Å². The number of rotatable bonds is 4. The number of nitrogens with one attached hydrogen (secondary N) is 2. The van der Waals surface area contributed by atoms with E-state index in [-0.39, 0.29) is 17.2 Å². The van der Waals surface area contributed by atoms with E-state index in [4.69, 9.17) is 0 Å². The highest BCUT2D eigenvalue weighted by molar-refractivity contribution is 5.78. The number of carbonyl (C=O) groups is 1. The molecule has 1 aliphatic rings. The molecule has 0 aliphatic carbocycles. The van der Waals surface area contributed by atoms with Gasteiger partial charge < -0.3 is 10.6 Å². The van der Waals surface area contributed by atoms with Gasteiger partial charge in [0, 0.05) is 23.9 Å². The molecule has 116 valence electrons. The van der Waals surface area contributed by atoms with E-state index in [1.807, 2.05) is 0 Å². The van der Waals surface area contributed by atoms with Gasteiger partial charge >= 0.3 is 0 Å². The summed E-state index contributed by atoms with van der Waals surface area (Å²) in [6, 6.07) is 8.99. The Hall–Kier alpha value is -1.35. The summed E-state index contributed by atoms with van der Waals surface area (Å²) in [4.78, 5) is 12.3. The SMILES string of the molecule is Cc1cccc(C(C)(C)CNC(=O)[C@H]2CCN[C@@H](C)C2)c1. The first-order valence-electron chi connectivity index (χ1n) is 7.97. The summed E-state index contributed by atoms with van der Waals surface area (Å²) in [5, 5.41) is 6.56. The highest BCUT2D eigenvalue weighted by atomic mass is 16.1. The molecule has 0 aromatic heterocycles. The van der Waals surface area contributed by atoms with Gasteiger partial charge in [0.2, 0.25) is 5.91 Å². The summed E-state index contributed by atoms with van der Waals surface area (Å²) in [6.07, 6.45) is 1.89. The van der Waals surface area contributed by atoms with E-state index in [9.17, 15) is 4.79 Å². The fourth-order valence-corrected chi connectivity index (χ4v) is 2.99. The minimum absolute atomic E-state index is 0.0415. The number of hydrogen-bond donors (Lipinski definition) is 2. The lowest BCUT2D eigenvalue weighted by atomic mass is 9.83. The minimum Gasteiger partial charge on any atom is -0.355 e. The van der Waals surface area contributed by atoms with E-state index < -0.39 is 0 Å². The van der Waals surface area contributed by atoms with Crippen LogP contribution in [0.1, 0.15) is 44.7 Å². The third-order valence-electron chi connectivity index (χ3n) is 4.50. The van der Waals surface area contributed by atoms with Crippen molar-refractivity contribution in [3.8, 4) is 0 Å². The monoisotopic (exact) mass is 288 g/mol. The highest BCUT2D eigenvalue weighted by Gasteiger charge is 2.27. The van der Waals surface area contributed by atoms with Crippen molar-refractivity contribution in [2.45, 2.75) is 52.0 Å². The van der Waals surface area contributed by atoms with E-state index in [2.05, 4.69) is 62.6 Å². The third kappa shape index (κ3) is 4.31. The quantitative estimate of drug-likeness (QED) is 0.894. The minimum atomic E-state index is -0.0415. The van der Waals surface area contributed by atoms with Crippen LogP contribution in [-0.4, -0.2) is 25.0 Å². The van der Waals surface area contributed by atoms with Crippen LogP contribution in [0.2, 0.25) is 0 Å². The van der Waals surface area contributed by atoms with E-state index >= 15 is 0 Å². The molecule has 0 unspecified atom stereocenters. The Labute approximate surface area is 128 Å². The number of benzene rings is 1. The molecule has 1 heterocycles. The van der Waals surface area contributed by atoms with Crippen LogP contribution in [0.4, 0.5) is 0 Å². The molecule has 0 spiro atoms. The van der Waals surface area contributed by atoms with E-state index in [1.54, 1.807) is 0 Å². The van der Waals surface area contributed by atoms with Crippen LogP contribution in [0.15, 0.2) is 24.3 Å². The number of amides is 1. The lowest BCUT2D eigenvalue weighted by molar-refractivity contribution is -0.126. The van der Waals surface area contributed by atoms with Gasteiger partial charge in [-0.25, -0.2) is 0 Å². The summed E-state index contributed by atoms with van der Waals surface area (Å²) in [5.74, 6) is 0.374. The van der Waals surface area contributed by atoms with Gasteiger partial charge in [-0.1, -0.05) is 43.7 Å². The highest BCUT2D eigenvalue weighted by Crippen LogP contribution is 2.24. The molecule has 21 heavy (non-hydrogen) atoms. The Morgan fingerprint density at radius 2 is 2.19 bits per heavy atom. The zero-order valence-electron chi connectivity index (χ0n) is 13.7. The van der Waals surface area contributed by atoms with Gasteiger partial charge in [0.1, 0.15) is 0 Å². The number of carbonyl (C=O) groups excluding carboxylic acids is 1. The molecule has 0 radical (unpaired) electrons. The summed E-state index contributed by atoms with van der Waals surface area (Å²) in [7, 11) is 0. The second-order valence-electron chi connectivity index (χ2n) is 7.05. The van der Waals surface area contributed by atoms with Gasteiger partial charge in [-0.05, 0) is 38.8 Å². The molecule has 2 atom stereocenters. The number of piperidine rings is 1. The molecule has 2 rings (SSSR count). The first-order chi connectivity index (χ1) is 9.88. The standard InChI is InChI=1S/C18H28N2O/c1-13-6-5-7-16(10-13)18(3,4)12-20-17(21)15-8-9-19-14(2)11-15/h5-7,10,14-15,19H,8-9,11-12H2,1-4H3,(H,20,21)/t14-,15-/m0/s1. The predicted octanol–water partition coefficient (Wildman–Crippen LogP) is 2.78. The molecular weight excluding hydrogens is 260 g/mol. The predicted molar refractivity (Wildman–Crippen MR) is 87.4 cm³/mol. The molecule has 2 N–H and O–H groups in total. The topological polar surface area (TPSA) is 41.1 Å². The Balaban J connectivity index is 1.93. The lowest BCUT2D eigenvalue weighted by Crippen LogP contribution is -2.45. The van der Waals surface area contributed by atoms with Gasteiger partial charge in [0.15, 0.2) is 0 Å². The van der Waals surface area contributed by atoms with Crippen molar-refractivity contribution in [2.75, 3.05) is 13.1 Å². The van der Waals surface area contributed by atoms with Crippen LogP contribution in [0.3, 0.4) is 0 Å². The molecule has 0 saturated carbocycles.